The van der Waals surface area contributed by atoms with Crippen molar-refractivity contribution in [2.45, 2.75) is 38.8 Å². The summed E-state index contributed by atoms with van der Waals surface area (Å²) in [5.41, 5.74) is 0.0893. The quantitative estimate of drug-likeness (QED) is 0.852. The van der Waals surface area contributed by atoms with E-state index in [1.165, 1.54) is 4.90 Å². The monoisotopic (exact) mass is 306 g/mol. The topological polar surface area (TPSA) is 68.7 Å². The lowest BCUT2D eigenvalue weighted by molar-refractivity contribution is -0.129. The van der Waals surface area contributed by atoms with E-state index in [-0.39, 0.29) is 18.8 Å². The summed E-state index contributed by atoms with van der Waals surface area (Å²) in [5, 5.41) is 0. The Kier molecular flexibility index (Phi) is 5.13. The number of ether oxygens (including phenoxy) is 2. The van der Waals surface area contributed by atoms with Gasteiger partial charge >= 0.3 is 6.09 Å². The van der Waals surface area contributed by atoms with Crippen molar-refractivity contribution in [2.75, 3.05) is 19.8 Å². The molecule has 0 aliphatic carbocycles. The maximum absolute atomic E-state index is 12.5. The highest BCUT2D eigenvalue weighted by atomic mass is 16.6. The van der Waals surface area contributed by atoms with Crippen LogP contribution in [0, 0.1) is 0 Å². The van der Waals surface area contributed by atoms with Crippen LogP contribution in [0.4, 0.5) is 4.79 Å². The molecule has 0 aromatic carbocycles. The number of hydrogen-bond donors (Lipinski definition) is 0. The molecule has 1 amide bonds. The SMILES string of the molecule is CC(C)(C)OC(=O)N1CCOCC1C(=O)Cc1ccccn1. The molecular weight excluding hydrogens is 284 g/mol. The first-order valence-corrected chi connectivity index (χ1v) is 7.37. The molecule has 1 aliphatic heterocycles. The summed E-state index contributed by atoms with van der Waals surface area (Å²) in [7, 11) is 0. The van der Waals surface area contributed by atoms with Gasteiger partial charge in [-0.2, -0.15) is 0 Å². The molecule has 1 aliphatic rings. The second-order valence-electron chi connectivity index (χ2n) is 6.23. The van der Waals surface area contributed by atoms with E-state index >= 15 is 0 Å². The van der Waals surface area contributed by atoms with Gasteiger partial charge in [0.05, 0.1) is 19.6 Å². The predicted molar refractivity (Wildman–Crippen MR) is 80.5 cm³/mol. The van der Waals surface area contributed by atoms with Gasteiger partial charge in [-0.05, 0) is 32.9 Å². The van der Waals surface area contributed by atoms with Crippen LogP contribution in [0.1, 0.15) is 26.5 Å². The number of pyridine rings is 1. The lowest BCUT2D eigenvalue weighted by atomic mass is 10.1. The largest absolute Gasteiger partial charge is 0.444 e. The Morgan fingerprint density at radius 3 is 2.82 bits per heavy atom. The van der Waals surface area contributed by atoms with E-state index in [2.05, 4.69) is 4.98 Å². The summed E-state index contributed by atoms with van der Waals surface area (Å²) in [6.45, 7) is 6.37. The summed E-state index contributed by atoms with van der Waals surface area (Å²) >= 11 is 0. The van der Waals surface area contributed by atoms with Crippen molar-refractivity contribution in [3.63, 3.8) is 0 Å². The summed E-state index contributed by atoms with van der Waals surface area (Å²) in [4.78, 5) is 30.3. The molecule has 0 N–H and O–H groups in total. The maximum atomic E-state index is 12.5. The van der Waals surface area contributed by atoms with Crippen molar-refractivity contribution < 1.29 is 19.1 Å². The Morgan fingerprint density at radius 1 is 1.41 bits per heavy atom. The third kappa shape index (κ3) is 4.53. The first-order chi connectivity index (χ1) is 10.4. The molecule has 1 fully saturated rings. The molecule has 1 saturated heterocycles. The average Bonchev–Trinajstić information content (AvgIpc) is 2.46. The number of carbonyl (C=O) groups excluding carboxylic acids is 2. The minimum Gasteiger partial charge on any atom is -0.444 e. The second kappa shape index (κ2) is 6.87. The third-order valence-corrected chi connectivity index (χ3v) is 3.21. The highest BCUT2D eigenvalue weighted by Gasteiger charge is 2.35. The maximum Gasteiger partial charge on any atom is 0.411 e. The van der Waals surface area contributed by atoms with E-state index in [1.807, 2.05) is 6.07 Å². The standard InChI is InChI=1S/C16H22N2O4/c1-16(2,3)22-15(20)18-8-9-21-11-13(18)14(19)10-12-6-4-5-7-17-12/h4-7,13H,8-11H2,1-3H3. The van der Waals surface area contributed by atoms with Crippen molar-refractivity contribution in [3.8, 4) is 0 Å². The van der Waals surface area contributed by atoms with E-state index in [1.54, 1.807) is 39.1 Å². The molecule has 0 bridgehead atoms. The zero-order chi connectivity index (χ0) is 16.2. The number of rotatable bonds is 3. The molecule has 0 saturated carbocycles. The van der Waals surface area contributed by atoms with E-state index in [0.29, 0.717) is 18.8 Å². The summed E-state index contributed by atoms with van der Waals surface area (Å²) in [6.07, 6.45) is 1.34. The Balaban J connectivity index is 2.05. The van der Waals surface area contributed by atoms with Crippen LogP contribution in [0.5, 0.6) is 0 Å². The van der Waals surface area contributed by atoms with Gasteiger partial charge in [0.15, 0.2) is 5.78 Å². The highest BCUT2D eigenvalue weighted by Crippen LogP contribution is 2.16. The van der Waals surface area contributed by atoms with Crippen molar-refractivity contribution >= 4 is 11.9 Å². The molecule has 120 valence electrons. The fraction of sp³-hybridized carbons (Fsp3) is 0.562. The lowest BCUT2D eigenvalue weighted by Crippen LogP contribution is -2.54. The van der Waals surface area contributed by atoms with Gasteiger partial charge < -0.3 is 9.47 Å². The van der Waals surface area contributed by atoms with E-state index in [4.69, 9.17) is 9.47 Å². The Bertz CT molecular complexity index is 525. The summed E-state index contributed by atoms with van der Waals surface area (Å²) < 4.78 is 10.7. The summed E-state index contributed by atoms with van der Waals surface area (Å²) in [5.74, 6) is -0.0933. The van der Waals surface area contributed by atoms with Crippen LogP contribution in [-0.2, 0) is 20.7 Å². The Hall–Kier alpha value is -1.95. The van der Waals surface area contributed by atoms with E-state index in [0.717, 1.165) is 0 Å². The molecule has 22 heavy (non-hydrogen) atoms. The number of aromatic nitrogens is 1. The van der Waals surface area contributed by atoms with Gasteiger partial charge in [0, 0.05) is 18.4 Å². The number of hydrogen-bond acceptors (Lipinski definition) is 5. The number of carbonyl (C=O) groups is 2. The van der Waals surface area contributed by atoms with Gasteiger partial charge in [0.1, 0.15) is 11.6 Å². The first kappa shape index (κ1) is 16.4. The van der Waals surface area contributed by atoms with Gasteiger partial charge in [-0.25, -0.2) is 4.79 Å². The van der Waals surface area contributed by atoms with Crippen LogP contribution >= 0.6 is 0 Å². The molecule has 0 radical (unpaired) electrons. The van der Waals surface area contributed by atoms with Crippen LogP contribution in [-0.4, -0.2) is 53.2 Å². The first-order valence-electron chi connectivity index (χ1n) is 7.37. The normalized spacial score (nSPS) is 18.9. The second-order valence-corrected chi connectivity index (χ2v) is 6.23. The Morgan fingerprint density at radius 2 is 2.18 bits per heavy atom. The molecule has 2 rings (SSSR count). The van der Waals surface area contributed by atoms with Crippen molar-refractivity contribution in [1.29, 1.82) is 0 Å². The summed E-state index contributed by atoms with van der Waals surface area (Å²) in [6, 6.07) is 4.80. The van der Waals surface area contributed by atoms with Crippen LogP contribution < -0.4 is 0 Å². The minimum atomic E-state index is -0.620. The number of morpholine rings is 1. The number of ketones is 1. The van der Waals surface area contributed by atoms with Crippen molar-refractivity contribution in [1.82, 2.24) is 9.88 Å². The van der Waals surface area contributed by atoms with E-state index in [9.17, 15) is 9.59 Å². The lowest BCUT2D eigenvalue weighted by Gasteiger charge is -2.35. The molecule has 1 unspecified atom stereocenters. The number of amides is 1. The molecule has 0 spiro atoms. The van der Waals surface area contributed by atoms with Crippen LogP contribution in [0.2, 0.25) is 0 Å². The Labute approximate surface area is 130 Å². The van der Waals surface area contributed by atoms with Gasteiger partial charge in [0.2, 0.25) is 0 Å². The van der Waals surface area contributed by atoms with Gasteiger partial charge in [-0.1, -0.05) is 6.07 Å². The van der Waals surface area contributed by atoms with Crippen LogP contribution in [0.15, 0.2) is 24.4 Å². The van der Waals surface area contributed by atoms with E-state index < -0.39 is 17.7 Å². The number of Topliss-reactive ketones (excluding diaryl/α,β-unsaturated/α-hetero) is 1. The van der Waals surface area contributed by atoms with Crippen LogP contribution in [0.25, 0.3) is 0 Å². The molecular formula is C16H22N2O4. The molecule has 2 heterocycles. The fourth-order valence-corrected chi connectivity index (χ4v) is 2.21. The molecule has 1 atom stereocenters. The number of nitrogens with zero attached hydrogens (tertiary/aromatic N) is 2. The fourth-order valence-electron chi connectivity index (χ4n) is 2.21. The van der Waals surface area contributed by atoms with Crippen molar-refractivity contribution in [3.05, 3.63) is 30.1 Å². The van der Waals surface area contributed by atoms with Gasteiger partial charge in [-0.3, -0.25) is 14.7 Å². The zero-order valence-corrected chi connectivity index (χ0v) is 13.2. The van der Waals surface area contributed by atoms with Gasteiger partial charge in [-0.15, -0.1) is 0 Å². The highest BCUT2D eigenvalue weighted by molar-refractivity contribution is 5.89. The predicted octanol–water partition coefficient (Wildman–Crippen LogP) is 1.83. The van der Waals surface area contributed by atoms with Crippen LogP contribution in [0.3, 0.4) is 0 Å². The zero-order valence-electron chi connectivity index (χ0n) is 13.2. The average molecular weight is 306 g/mol. The van der Waals surface area contributed by atoms with Gasteiger partial charge in [0.25, 0.3) is 0 Å². The minimum absolute atomic E-state index is 0.0933. The molecule has 1 aromatic rings. The molecule has 6 heteroatoms. The van der Waals surface area contributed by atoms with Crippen molar-refractivity contribution in [2.24, 2.45) is 0 Å². The molecule has 1 aromatic heterocycles. The molecule has 6 nitrogen and oxygen atoms in total. The third-order valence-electron chi connectivity index (χ3n) is 3.21. The smallest absolute Gasteiger partial charge is 0.411 e.